The van der Waals surface area contributed by atoms with Crippen LogP contribution in [0.4, 0.5) is 0 Å². The second-order valence-corrected chi connectivity index (χ2v) is 4.14. The number of carbonyl (C=O) groups is 1. The third kappa shape index (κ3) is 3.31. The molecular formula is C15H18O2. The van der Waals surface area contributed by atoms with Gasteiger partial charge in [0.05, 0.1) is 0 Å². The molecule has 0 radical (unpaired) electrons. The molecule has 1 aromatic rings. The van der Waals surface area contributed by atoms with Crippen LogP contribution in [0.3, 0.4) is 0 Å². The molecule has 0 fully saturated rings. The molecular weight excluding hydrogens is 212 g/mol. The van der Waals surface area contributed by atoms with Crippen molar-refractivity contribution in [2.45, 2.75) is 27.7 Å². The van der Waals surface area contributed by atoms with Gasteiger partial charge in [-0.2, -0.15) is 0 Å². The first kappa shape index (κ1) is 13.2. The average molecular weight is 230 g/mol. The number of hydrogen-bond acceptors (Lipinski definition) is 2. The van der Waals surface area contributed by atoms with Gasteiger partial charge in [-0.15, -0.1) is 0 Å². The van der Waals surface area contributed by atoms with E-state index < -0.39 is 0 Å². The van der Waals surface area contributed by atoms with Gasteiger partial charge in [-0.05, 0) is 44.9 Å². The minimum Gasteiger partial charge on any atom is -0.423 e. The Balaban J connectivity index is 3.09. The van der Waals surface area contributed by atoms with Gasteiger partial charge in [0.25, 0.3) is 0 Å². The van der Waals surface area contributed by atoms with E-state index in [9.17, 15) is 4.79 Å². The number of rotatable bonds is 3. The molecule has 1 aromatic carbocycles. The molecule has 1 rings (SSSR count). The van der Waals surface area contributed by atoms with Crippen LogP contribution in [0.15, 0.2) is 36.4 Å². The van der Waals surface area contributed by atoms with Crippen molar-refractivity contribution in [1.29, 1.82) is 0 Å². The van der Waals surface area contributed by atoms with Crippen molar-refractivity contribution in [2.24, 2.45) is 0 Å². The summed E-state index contributed by atoms with van der Waals surface area (Å²) in [5, 5.41) is 0. The predicted molar refractivity (Wildman–Crippen MR) is 71.0 cm³/mol. The number of ether oxygens (including phenoxy) is 1. The molecule has 0 aliphatic rings. The lowest BCUT2D eigenvalue weighted by Gasteiger charge is -2.11. The zero-order chi connectivity index (χ0) is 13.0. The molecule has 2 heteroatoms. The van der Waals surface area contributed by atoms with E-state index in [1.807, 2.05) is 39.0 Å². The Bertz CT molecular complexity index is 482. The summed E-state index contributed by atoms with van der Waals surface area (Å²) in [6, 6.07) is 5.75. The van der Waals surface area contributed by atoms with Crippen molar-refractivity contribution >= 4 is 11.5 Å². The first-order valence-corrected chi connectivity index (χ1v) is 5.57. The minimum absolute atomic E-state index is 0.319. The molecule has 90 valence electrons. The van der Waals surface area contributed by atoms with Crippen molar-refractivity contribution < 1.29 is 9.53 Å². The van der Waals surface area contributed by atoms with Crippen LogP contribution in [0.25, 0.3) is 5.57 Å². The van der Waals surface area contributed by atoms with Gasteiger partial charge in [0, 0.05) is 11.1 Å². The molecule has 0 saturated carbocycles. The molecule has 0 saturated heterocycles. The fraction of sp³-hybridized carbons (Fsp3) is 0.267. The lowest BCUT2D eigenvalue weighted by Crippen LogP contribution is -2.10. The van der Waals surface area contributed by atoms with E-state index in [1.165, 1.54) is 0 Å². The number of allylic oxidation sites excluding steroid dienone is 2. The lowest BCUT2D eigenvalue weighted by atomic mass is 10.1. The molecule has 0 spiro atoms. The minimum atomic E-state index is -0.319. The van der Waals surface area contributed by atoms with Crippen molar-refractivity contribution in [3.8, 4) is 5.75 Å². The van der Waals surface area contributed by atoms with Crippen LogP contribution < -0.4 is 4.74 Å². The van der Waals surface area contributed by atoms with Crippen LogP contribution in [0.5, 0.6) is 5.75 Å². The smallest absolute Gasteiger partial charge is 0.338 e. The largest absolute Gasteiger partial charge is 0.423 e. The van der Waals surface area contributed by atoms with E-state index in [2.05, 4.69) is 6.58 Å². The number of aryl methyl sites for hydroxylation is 1. The van der Waals surface area contributed by atoms with Gasteiger partial charge >= 0.3 is 5.97 Å². The van der Waals surface area contributed by atoms with E-state index in [4.69, 9.17) is 4.74 Å². The highest BCUT2D eigenvalue weighted by Gasteiger charge is 2.11. The zero-order valence-corrected chi connectivity index (χ0v) is 10.8. The maximum absolute atomic E-state index is 11.7. The Morgan fingerprint density at radius 1 is 1.35 bits per heavy atom. The van der Waals surface area contributed by atoms with Gasteiger partial charge in [-0.25, -0.2) is 4.79 Å². The second kappa shape index (κ2) is 5.48. The molecule has 0 unspecified atom stereocenters. The van der Waals surface area contributed by atoms with E-state index >= 15 is 0 Å². The lowest BCUT2D eigenvalue weighted by molar-refractivity contribution is -0.130. The highest BCUT2D eigenvalue weighted by atomic mass is 16.5. The van der Waals surface area contributed by atoms with Crippen molar-refractivity contribution in [3.63, 3.8) is 0 Å². The van der Waals surface area contributed by atoms with E-state index in [0.29, 0.717) is 11.3 Å². The van der Waals surface area contributed by atoms with Crippen LogP contribution >= 0.6 is 0 Å². The number of hydrogen-bond donors (Lipinski definition) is 0. The Hall–Kier alpha value is -1.83. The fourth-order valence-corrected chi connectivity index (χ4v) is 1.36. The SMILES string of the molecule is C=C(C)c1ccc(C)cc1OC(=O)/C(C)=C/C. The maximum atomic E-state index is 11.7. The van der Waals surface area contributed by atoms with Crippen LogP contribution in [0.2, 0.25) is 0 Å². The highest BCUT2D eigenvalue weighted by molar-refractivity contribution is 5.90. The summed E-state index contributed by atoms with van der Waals surface area (Å²) in [6.07, 6.45) is 1.73. The summed E-state index contributed by atoms with van der Waals surface area (Å²) in [4.78, 5) is 11.7. The Morgan fingerprint density at radius 3 is 2.53 bits per heavy atom. The molecule has 0 amide bonds. The normalized spacial score (nSPS) is 11.2. The van der Waals surface area contributed by atoms with Crippen molar-refractivity contribution in [2.75, 3.05) is 0 Å². The van der Waals surface area contributed by atoms with Gasteiger partial charge < -0.3 is 4.74 Å². The highest BCUT2D eigenvalue weighted by Crippen LogP contribution is 2.26. The van der Waals surface area contributed by atoms with Gasteiger partial charge in [0.2, 0.25) is 0 Å². The third-order valence-electron chi connectivity index (χ3n) is 2.55. The number of esters is 1. The molecule has 0 bridgehead atoms. The first-order valence-electron chi connectivity index (χ1n) is 5.57. The van der Waals surface area contributed by atoms with E-state index in [-0.39, 0.29) is 5.97 Å². The van der Waals surface area contributed by atoms with Crippen LogP contribution in [-0.2, 0) is 4.79 Å². The quantitative estimate of drug-likeness (QED) is 0.447. The Labute approximate surface area is 103 Å². The second-order valence-electron chi connectivity index (χ2n) is 4.14. The predicted octanol–water partition coefficient (Wildman–Crippen LogP) is 3.90. The molecule has 0 aliphatic heterocycles. The molecule has 0 atom stereocenters. The van der Waals surface area contributed by atoms with Crippen molar-refractivity contribution in [3.05, 3.63) is 47.6 Å². The van der Waals surface area contributed by atoms with Gasteiger partial charge in [0.1, 0.15) is 5.75 Å². The fourth-order valence-electron chi connectivity index (χ4n) is 1.36. The molecule has 0 aliphatic carbocycles. The summed E-state index contributed by atoms with van der Waals surface area (Å²) in [6.45, 7) is 11.3. The summed E-state index contributed by atoms with van der Waals surface area (Å²) in [5.74, 6) is 0.254. The summed E-state index contributed by atoms with van der Waals surface area (Å²) < 4.78 is 5.37. The number of benzene rings is 1. The summed E-state index contributed by atoms with van der Waals surface area (Å²) >= 11 is 0. The monoisotopic (exact) mass is 230 g/mol. The molecule has 0 heterocycles. The average Bonchev–Trinajstić information content (AvgIpc) is 2.27. The first-order chi connectivity index (χ1) is 7.95. The molecule has 2 nitrogen and oxygen atoms in total. The standard InChI is InChI=1S/C15H18O2/c1-6-12(5)15(16)17-14-9-11(4)7-8-13(14)10(2)3/h6-9H,2H2,1,3-5H3/b12-6+. The van der Waals surface area contributed by atoms with Crippen LogP contribution in [0, 0.1) is 6.92 Å². The van der Waals surface area contributed by atoms with Crippen molar-refractivity contribution in [1.82, 2.24) is 0 Å². The molecule has 0 aromatic heterocycles. The maximum Gasteiger partial charge on any atom is 0.338 e. The van der Waals surface area contributed by atoms with Crippen LogP contribution in [0.1, 0.15) is 31.9 Å². The van der Waals surface area contributed by atoms with Gasteiger partial charge in [-0.3, -0.25) is 0 Å². The Morgan fingerprint density at radius 2 is 2.00 bits per heavy atom. The van der Waals surface area contributed by atoms with Gasteiger partial charge in [0.15, 0.2) is 0 Å². The summed E-state index contributed by atoms with van der Waals surface area (Å²) in [7, 11) is 0. The van der Waals surface area contributed by atoms with Gasteiger partial charge in [-0.1, -0.05) is 24.8 Å². The van der Waals surface area contributed by atoms with E-state index in [1.54, 1.807) is 13.0 Å². The summed E-state index contributed by atoms with van der Waals surface area (Å²) in [5.41, 5.74) is 3.40. The molecule has 0 N–H and O–H groups in total. The van der Waals surface area contributed by atoms with E-state index in [0.717, 1.165) is 16.7 Å². The molecule has 17 heavy (non-hydrogen) atoms. The zero-order valence-electron chi connectivity index (χ0n) is 10.8. The third-order valence-corrected chi connectivity index (χ3v) is 2.55. The van der Waals surface area contributed by atoms with Crippen LogP contribution in [-0.4, -0.2) is 5.97 Å². The topological polar surface area (TPSA) is 26.3 Å². The number of carbonyl (C=O) groups excluding carboxylic acids is 1. The Kier molecular flexibility index (Phi) is 4.27.